The van der Waals surface area contributed by atoms with E-state index in [1.54, 1.807) is 12.4 Å². The normalized spacial score (nSPS) is 12.0. The van der Waals surface area contributed by atoms with Crippen LogP contribution in [0.1, 0.15) is 50.7 Å². The summed E-state index contributed by atoms with van der Waals surface area (Å²) in [6.45, 7) is 8.90. The Hall–Kier alpha value is -8.30. The van der Waals surface area contributed by atoms with Crippen molar-refractivity contribution in [3.8, 4) is 40.6 Å². The lowest BCUT2D eigenvalue weighted by Gasteiger charge is -2.11. The predicted octanol–water partition coefficient (Wildman–Crippen LogP) is 14.4. The van der Waals surface area contributed by atoms with Gasteiger partial charge in [-0.05, 0) is 114 Å². The molecule has 6 aromatic carbocycles. The predicted molar refractivity (Wildman–Crippen MR) is 262 cm³/mol. The average molecular weight is 846 g/mol. The van der Waals surface area contributed by atoms with E-state index in [1.165, 1.54) is 21.9 Å². The fraction of sp³-hybridized carbons (Fsp3) is 0.107. The fourth-order valence-electron chi connectivity index (χ4n) is 9.34. The van der Waals surface area contributed by atoms with Crippen LogP contribution in [0.2, 0.25) is 0 Å². The topological polar surface area (TPSA) is 84.8 Å². The second kappa shape index (κ2) is 15.2. The van der Waals surface area contributed by atoms with E-state index in [2.05, 4.69) is 126 Å². The minimum atomic E-state index is 0.394. The monoisotopic (exact) mass is 845 g/mol. The van der Waals surface area contributed by atoms with Crippen LogP contribution in [0, 0.1) is 0 Å². The molecule has 9 nitrogen and oxygen atoms in total. The summed E-state index contributed by atoms with van der Waals surface area (Å²) >= 11 is 0. The maximum atomic E-state index is 6.73. The van der Waals surface area contributed by atoms with Crippen LogP contribution in [0.4, 0.5) is 0 Å². The number of aromatic nitrogens is 7. The van der Waals surface area contributed by atoms with E-state index >= 15 is 0 Å². The first-order valence-corrected chi connectivity index (χ1v) is 22.1. The summed E-state index contributed by atoms with van der Waals surface area (Å²) in [7, 11) is 0. The molecule has 9 heteroatoms. The smallest absolute Gasteiger partial charge is 0.234 e. The van der Waals surface area contributed by atoms with Gasteiger partial charge < -0.3 is 9.47 Å². The van der Waals surface area contributed by atoms with Crippen LogP contribution < -0.4 is 9.47 Å². The molecule has 0 unspecified atom stereocenters. The van der Waals surface area contributed by atoms with Crippen molar-refractivity contribution >= 4 is 65.4 Å². The number of ether oxygens (including phenoxy) is 2. The van der Waals surface area contributed by atoms with E-state index in [0.717, 1.165) is 77.8 Å². The van der Waals surface area contributed by atoms with Crippen molar-refractivity contribution in [2.75, 3.05) is 0 Å². The summed E-state index contributed by atoms with van der Waals surface area (Å²) in [5.41, 5.74) is 8.66. The summed E-state index contributed by atoms with van der Waals surface area (Å²) in [4.78, 5) is 19.0. The second-order valence-electron chi connectivity index (χ2n) is 17.2. The summed E-state index contributed by atoms with van der Waals surface area (Å²) < 4.78 is 20.0. The largest absolute Gasteiger partial charge is 0.457 e. The first-order valence-electron chi connectivity index (χ1n) is 22.1. The molecule has 0 spiro atoms. The molecule has 0 saturated carbocycles. The number of hydrogen-bond acceptors (Lipinski definition) is 6. The van der Waals surface area contributed by atoms with E-state index in [9.17, 15) is 0 Å². The molecule has 0 bridgehead atoms. The molecule has 65 heavy (non-hydrogen) atoms. The van der Waals surface area contributed by atoms with Crippen LogP contribution in [0.25, 0.3) is 83.0 Å². The molecule has 6 heterocycles. The standard InChI is InChI=1S/C56H43N7O2/c1-34(2)36-12-18-42-44-20-14-38(30-50(44)61(48(42)28-36)54-10-5-7-24-57-54)64-40-16-22-46-47-23-17-41(33-53(47)63(52(46)32-40)56-59-26-9-27-60-56)65-39-15-21-45-43-19-13-37(35(3)4)29-49(43)62(51(45)31-39)55-11-6-8-25-58-55/h5-35H,1-4H3. The zero-order chi connectivity index (χ0) is 43.8. The highest BCUT2D eigenvalue weighted by Gasteiger charge is 2.20. The molecule has 0 aliphatic heterocycles. The minimum absolute atomic E-state index is 0.394. The van der Waals surface area contributed by atoms with Gasteiger partial charge in [0.05, 0.1) is 33.1 Å². The van der Waals surface area contributed by atoms with Gasteiger partial charge in [-0.3, -0.25) is 13.7 Å². The quantitative estimate of drug-likeness (QED) is 0.144. The lowest BCUT2D eigenvalue weighted by Crippen LogP contribution is -2.00. The lowest BCUT2D eigenvalue weighted by atomic mass is 10.0. The molecule has 314 valence electrons. The zero-order valence-corrected chi connectivity index (χ0v) is 36.3. The number of nitrogens with zero attached hydrogens (tertiary/aromatic N) is 7. The molecule has 12 rings (SSSR count). The molecule has 0 aliphatic carbocycles. The van der Waals surface area contributed by atoms with E-state index in [4.69, 9.17) is 29.4 Å². The van der Waals surface area contributed by atoms with Gasteiger partial charge in [-0.2, -0.15) is 0 Å². The third kappa shape index (κ3) is 6.46. The van der Waals surface area contributed by atoms with Crippen LogP contribution in [0.15, 0.2) is 176 Å². The van der Waals surface area contributed by atoms with Crippen LogP contribution in [-0.2, 0) is 0 Å². The highest BCUT2D eigenvalue weighted by Crippen LogP contribution is 2.41. The Balaban J connectivity index is 0.949. The first kappa shape index (κ1) is 38.4. The van der Waals surface area contributed by atoms with Crippen molar-refractivity contribution in [1.82, 2.24) is 33.6 Å². The summed E-state index contributed by atoms with van der Waals surface area (Å²) in [6, 6.07) is 52.3. The van der Waals surface area contributed by atoms with Gasteiger partial charge in [0, 0.05) is 81.4 Å². The number of pyridine rings is 2. The molecule has 0 radical (unpaired) electrons. The van der Waals surface area contributed by atoms with Crippen molar-refractivity contribution in [2.24, 2.45) is 0 Å². The van der Waals surface area contributed by atoms with Gasteiger partial charge in [0.1, 0.15) is 34.6 Å². The van der Waals surface area contributed by atoms with Crippen molar-refractivity contribution in [1.29, 1.82) is 0 Å². The van der Waals surface area contributed by atoms with Crippen LogP contribution >= 0.6 is 0 Å². The Morgan fingerprint density at radius 1 is 0.338 bits per heavy atom. The maximum Gasteiger partial charge on any atom is 0.234 e. The molecule has 12 aromatic rings. The molecular weight excluding hydrogens is 803 g/mol. The Kier molecular flexibility index (Phi) is 8.98. The van der Waals surface area contributed by atoms with Gasteiger partial charge in [0.15, 0.2) is 0 Å². The minimum Gasteiger partial charge on any atom is -0.457 e. The van der Waals surface area contributed by atoms with Gasteiger partial charge in [-0.15, -0.1) is 0 Å². The van der Waals surface area contributed by atoms with Crippen molar-refractivity contribution in [3.63, 3.8) is 0 Å². The summed E-state index contributed by atoms with van der Waals surface area (Å²) in [5.74, 6) is 5.86. The molecule has 0 N–H and O–H groups in total. The van der Waals surface area contributed by atoms with Crippen molar-refractivity contribution in [3.05, 3.63) is 188 Å². The third-order valence-corrected chi connectivity index (χ3v) is 12.5. The number of hydrogen-bond donors (Lipinski definition) is 0. The number of benzene rings is 6. The van der Waals surface area contributed by atoms with Crippen molar-refractivity contribution < 1.29 is 9.47 Å². The highest BCUT2D eigenvalue weighted by molar-refractivity contribution is 6.12. The highest BCUT2D eigenvalue weighted by atomic mass is 16.5. The van der Waals surface area contributed by atoms with E-state index in [1.807, 2.05) is 79.1 Å². The maximum absolute atomic E-state index is 6.73. The second-order valence-corrected chi connectivity index (χ2v) is 17.2. The number of rotatable bonds is 9. The van der Waals surface area contributed by atoms with Crippen LogP contribution in [0.5, 0.6) is 23.0 Å². The van der Waals surface area contributed by atoms with Gasteiger partial charge in [0.2, 0.25) is 5.95 Å². The van der Waals surface area contributed by atoms with E-state index in [0.29, 0.717) is 29.3 Å². The van der Waals surface area contributed by atoms with Gasteiger partial charge >= 0.3 is 0 Å². The Labute approximate surface area is 374 Å². The van der Waals surface area contributed by atoms with Crippen LogP contribution in [-0.4, -0.2) is 33.6 Å². The van der Waals surface area contributed by atoms with Crippen molar-refractivity contribution in [2.45, 2.75) is 39.5 Å². The Morgan fingerprint density at radius 2 is 0.677 bits per heavy atom. The molecule has 0 saturated heterocycles. The van der Waals surface area contributed by atoms with Crippen LogP contribution in [0.3, 0.4) is 0 Å². The molecule has 0 fully saturated rings. The molecule has 0 atom stereocenters. The lowest BCUT2D eigenvalue weighted by molar-refractivity contribution is 0.484. The molecule has 6 aromatic heterocycles. The Bertz CT molecular complexity index is 3550. The van der Waals surface area contributed by atoms with Gasteiger partial charge in [-0.25, -0.2) is 19.9 Å². The summed E-state index contributed by atoms with van der Waals surface area (Å²) in [6.07, 6.45) is 7.21. The average Bonchev–Trinajstić information content (AvgIpc) is 3.96. The SMILES string of the molecule is CC(C)c1ccc2c3ccc(Oc4ccc5c6ccc(Oc7ccc8c9ccc(C(C)C)cc9n(-c9ccccn9)c8c7)cc6n(-c6ncccn6)c5c4)cc3n(-c3ccccn3)c2c1. The fourth-order valence-corrected chi connectivity index (χ4v) is 9.34. The Morgan fingerprint density at radius 3 is 1.03 bits per heavy atom. The summed E-state index contributed by atoms with van der Waals surface area (Å²) in [5, 5.41) is 6.71. The molecular formula is C56H43N7O2. The van der Waals surface area contributed by atoms with E-state index < -0.39 is 0 Å². The van der Waals surface area contributed by atoms with E-state index in [-0.39, 0.29) is 0 Å². The first-order chi connectivity index (χ1) is 31.9. The zero-order valence-electron chi connectivity index (χ0n) is 36.3. The van der Waals surface area contributed by atoms with Gasteiger partial charge in [-0.1, -0.05) is 64.1 Å². The number of fused-ring (bicyclic) bond motifs is 9. The molecule has 0 amide bonds. The third-order valence-electron chi connectivity index (χ3n) is 12.5. The molecule has 0 aliphatic rings. The van der Waals surface area contributed by atoms with Gasteiger partial charge in [0.25, 0.3) is 0 Å².